The molecule has 3 nitrogen and oxygen atoms in total. The summed E-state index contributed by atoms with van der Waals surface area (Å²) in [4.78, 5) is 14.3. The van der Waals surface area contributed by atoms with Gasteiger partial charge in [-0.2, -0.15) is 0 Å². The predicted molar refractivity (Wildman–Crippen MR) is 85.6 cm³/mol. The fourth-order valence-electron chi connectivity index (χ4n) is 3.06. The molecule has 0 aromatic rings. The number of hydrogen-bond acceptors (Lipinski definition) is 2. The molecule has 0 aliphatic carbocycles. The fraction of sp³-hybridized carbons (Fsp3) is 0.941. The Labute approximate surface area is 125 Å². The van der Waals surface area contributed by atoms with Crippen molar-refractivity contribution >= 4 is 5.91 Å². The summed E-state index contributed by atoms with van der Waals surface area (Å²) in [5, 5.41) is 3.44. The molecule has 1 fully saturated rings. The minimum absolute atomic E-state index is 0.0639. The quantitative estimate of drug-likeness (QED) is 0.579. The van der Waals surface area contributed by atoms with Crippen molar-refractivity contribution in [3.05, 3.63) is 0 Å². The molecule has 0 aromatic carbocycles. The van der Waals surface area contributed by atoms with Crippen molar-refractivity contribution in [2.75, 3.05) is 6.54 Å². The molecule has 0 radical (unpaired) electrons. The standard InChI is InChI=1S/C17H34N2O/c1-4-7-8-9-10-11-12-13-14-19-16(6-3)18-15(5-2)17(19)20/h15-16,18H,4-14H2,1-3H3. The van der Waals surface area contributed by atoms with Gasteiger partial charge >= 0.3 is 0 Å². The number of carbonyl (C=O) groups is 1. The molecule has 2 unspecified atom stereocenters. The van der Waals surface area contributed by atoms with Crippen LogP contribution in [0.1, 0.15) is 85.0 Å². The van der Waals surface area contributed by atoms with E-state index < -0.39 is 0 Å². The van der Waals surface area contributed by atoms with Crippen LogP contribution in [0.5, 0.6) is 0 Å². The Morgan fingerprint density at radius 2 is 1.50 bits per heavy atom. The normalized spacial score (nSPS) is 22.8. The lowest BCUT2D eigenvalue weighted by Crippen LogP contribution is -2.37. The molecule has 0 aromatic heterocycles. The average Bonchev–Trinajstić information content (AvgIpc) is 2.78. The number of nitrogens with one attached hydrogen (secondary N) is 1. The maximum atomic E-state index is 12.2. The van der Waals surface area contributed by atoms with Crippen LogP contribution < -0.4 is 5.32 Å². The lowest BCUT2D eigenvalue weighted by Gasteiger charge is -2.23. The van der Waals surface area contributed by atoms with Gasteiger partial charge in [0, 0.05) is 6.54 Å². The average molecular weight is 282 g/mol. The Bertz CT molecular complexity index is 268. The zero-order valence-electron chi connectivity index (χ0n) is 13.8. The summed E-state index contributed by atoms with van der Waals surface area (Å²) in [6, 6.07) is 0.0639. The Morgan fingerprint density at radius 3 is 2.05 bits per heavy atom. The van der Waals surface area contributed by atoms with E-state index >= 15 is 0 Å². The first-order valence-electron chi connectivity index (χ1n) is 8.81. The minimum Gasteiger partial charge on any atom is -0.326 e. The molecule has 1 saturated heterocycles. The van der Waals surface area contributed by atoms with Crippen LogP contribution >= 0.6 is 0 Å². The molecular weight excluding hydrogens is 248 g/mol. The second-order valence-electron chi connectivity index (χ2n) is 6.06. The molecule has 2 atom stereocenters. The van der Waals surface area contributed by atoms with E-state index in [0.717, 1.165) is 25.8 Å². The van der Waals surface area contributed by atoms with Crippen molar-refractivity contribution in [1.29, 1.82) is 0 Å². The highest BCUT2D eigenvalue weighted by Gasteiger charge is 2.35. The van der Waals surface area contributed by atoms with Gasteiger partial charge in [0.1, 0.15) is 0 Å². The summed E-state index contributed by atoms with van der Waals surface area (Å²) in [6.45, 7) is 7.44. The van der Waals surface area contributed by atoms with Crippen LogP contribution in [0.15, 0.2) is 0 Å². The molecule has 1 aliphatic heterocycles. The highest BCUT2D eigenvalue weighted by molar-refractivity contribution is 5.84. The number of nitrogens with zero attached hydrogens (tertiary/aromatic N) is 1. The topological polar surface area (TPSA) is 32.3 Å². The monoisotopic (exact) mass is 282 g/mol. The Kier molecular flexibility index (Phi) is 8.92. The van der Waals surface area contributed by atoms with Gasteiger partial charge in [-0.05, 0) is 19.3 Å². The van der Waals surface area contributed by atoms with Crippen LogP contribution in [0.2, 0.25) is 0 Å². The summed E-state index contributed by atoms with van der Waals surface area (Å²) >= 11 is 0. The van der Waals surface area contributed by atoms with Gasteiger partial charge in [-0.15, -0.1) is 0 Å². The molecule has 0 saturated carbocycles. The van der Waals surface area contributed by atoms with Gasteiger partial charge in [0.25, 0.3) is 0 Å². The van der Waals surface area contributed by atoms with Gasteiger partial charge in [0.15, 0.2) is 0 Å². The van der Waals surface area contributed by atoms with Crippen molar-refractivity contribution < 1.29 is 4.79 Å². The van der Waals surface area contributed by atoms with Crippen molar-refractivity contribution in [3.8, 4) is 0 Å². The van der Waals surface area contributed by atoms with Crippen molar-refractivity contribution in [3.63, 3.8) is 0 Å². The largest absolute Gasteiger partial charge is 0.326 e. The first-order valence-corrected chi connectivity index (χ1v) is 8.81. The van der Waals surface area contributed by atoms with E-state index in [1.165, 1.54) is 44.9 Å². The first-order chi connectivity index (χ1) is 9.74. The van der Waals surface area contributed by atoms with Gasteiger partial charge in [0.2, 0.25) is 5.91 Å². The van der Waals surface area contributed by atoms with Gasteiger partial charge in [-0.1, -0.05) is 65.7 Å². The zero-order valence-corrected chi connectivity index (χ0v) is 13.8. The number of rotatable bonds is 11. The summed E-state index contributed by atoms with van der Waals surface area (Å²) in [6.07, 6.45) is 12.8. The maximum Gasteiger partial charge on any atom is 0.241 e. The van der Waals surface area contributed by atoms with Gasteiger partial charge in [-0.3, -0.25) is 10.1 Å². The second kappa shape index (κ2) is 10.2. The van der Waals surface area contributed by atoms with Crippen molar-refractivity contribution in [2.45, 2.75) is 97.2 Å². The third kappa shape index (κ3) is 5.43. The van der Waals surface area contributed by atoms with Gasteiger partial charge < -0.3 is 4.90 Å². The van der Waals surface area contributed by atoms with E-state index in [-0.39, 0.29) is 12.2 Å². The lowest BCUT2D eigenvalue weighted by molar-refractivity contribution is -0.130. The molecule has 1 amide bonds. The van der Waals surface area contributed by atoms with E-state index in [0.29, 0.717) is 5.91 Å². The summed E-state index contributed by atoms with van der Waals surface area (Å²) in [5.41, 5.74) is 0. The number of amides is 1. The zero-order chi connectivity index (χ0) is 14.8. The summed E-state index contributed by atoms with van der Waals surface area (Å²) in [5.74, 6) is 0.322. The smallest absolute Gasteiger partial charge is 0.241 e. The van der Waals surface area contributed by atoms with Crippen molar-refractivity contribution in [2.24, 2.45) is 0 Å². The van der Waals surface area contributed by atoms with Crippen LogP contribution in [0.25, 0.3) is 0 Å². The highest BCUT2D eigenvalue weighted by Crippen LogP contribution is 2.17. The molecule has 3 heteroatoms. The van der Waals surface area contributed by atoms with E-state index in [1.807, 2.05) is 0 Å². The molecule has 118 valence electrons. The van der Waals surface area contributed by atoms with Crippen LogP contribution in [-0.4, -0.2) is 29.6 Å². The molecule has 1 aliphatic rings. The van der Waals surface area contributed by atoms with Crippen molar-refractivity contribution in [1.82, 2.24) is 10.2 Å². The number of carbonyl (C=O) groups excluding carboxylic acids is 1. The molecular formula is C17H34N2O. The highest BCUT2D eigenvalue weighted by atomic mass is 16.2. The Hall–Kier alpha value is -0.570. The van der Waals surface area contributed by atoms with Crippen LogP contribution in [0.3, 0.4) is 0 Å². The Morgan fingerprint density at radius 1 is 0.900 bits per heavy atom. The number of hydrogen-bond donors (Lipinski definition) is 1. The second-order valence-corrected chi connectivity index (χ2v) is 6.06. The predicted octanol–water partition coefficient (Wildman–Crippen LogP) is 4.07. The first kappa shape index (κ1) is 17.5. The van der Waals surface area contributed by atoms with E-state index in [2.05, 4.69) is 31.0 Å². The molecule has 0 spiro atoms. The fourth-order valence-corrected chi connectivity index (χ4v) is 3.06. The molecule has 0 bridgehead atoms. The molecule has 1 heterocycles. The summed E-state index contributed by atoms with van der Waals surface area (Å²) < 4.78 is 0. The van der Waals surface area contributed by atoms with E-state index in [4.69, 9.17) is 0 Å². The van der Waals surface area contributed by atoms with Gasteiger partial charge in [-0.25, -0.2) is 0 Å². The maximum absolute atomic E-state index is 12.2. The lowest BCUT2D eigenvalue weighted by atomic mass is 10.1. The molecule has 1 N–H and O–H groups in total. The molecule has 1 rings (SSSR count). The van der Waals surface area contributed by atoms with Crippen LogP contribution in [0, 0.1) is 0 Å². The number of unbranched alkanes of at least 4 members (excludes halogenated alkanes) is 7. The third-order valence-electron chi connectivity index (χ3n) is 4.40. The molecule has 20 heavy (non-hydrogen) atoms. The van der Waals surface area contributed by atoms with E-state index in [1.54, 1.807) is 0 Å². The van der Waals surface area contributed by atoms with Crippen LogP contribution in [0.4, 0.5) is 0 Å². The third-order valence-corrected chi connectivity index (χ3v) is 4.40. The van der Waals surface area contributed by atoms with Gasteiger partial charge in [0.05, 0.1) is 12.2 Å². The minimum atomic E-state index is 0.0639. The van der Waals surface area contributed by atoms with E-state index in [9.17, 15) is 4.79 Å². The summed E-state index contributed by atoms with van der Waals surface area (Å²) in [7, 11) is 0. The Balaban J connectivity index is 2.12. The van der Waals surface area contributed by atoms with Crippen LogP contribution in [-0.2, 0) is 4.79 Å². The SMILES string of the molecule is CCCCCCCCCCN1C(=O)C(CC)NC1CC.